The molecular weight excluding hydrogens is 446 g/mol. The Balaban J connectivity index is 1.09. The van der Waals surface area contributed by atoms with Crippen LogP contribution in [0.3, 0.4) is 0 Å². The fraction of sp³-hybridized carbons (Fsp3) is 0.308. The molecule has 0 fully saturated rings. The molecule has 0 saturated heterocycles. The van der Waals surface area contributed by atoms with E-state index in [0.717, 1.165) is 66.7 Å². The van der Waals surface area contributed by atoms with E-state index in [1.807, 2.05) is 54.6 Å². The number of hydrogen-bond acceptors (Lipinski definition) is 6. The predicted molar refractivity (Wildman–Crippen MR) is 139 cm³/mol. The number of nitrogens with two attached hydrogens (primary N) is 1. The molecule has 0 atom stereocenters. The lowest BCUT2D eigenvalue weighted by molar-refractivity contribution is 0.566. The first kappa shape index (κ1) is 23.9. The van der Waals surface area contributed by atoms with Crippen LogP contribution in [-0.4, -0.2) is 31.5 Å². The van der Waals surface area contributed by atoms with Gasteiger partial charge < -0.3 is 11.1 Å². The number of benzene rings is 3. The molecule has 4 aromatic rings. The molecule has 0 aliphatic rings. The van der Waals surface area contributed by atoms with Crippen molar-refractivity contribution >= 4 is 43.5 Å². The lowest BCUT2D eigenvalue weighted by atomic mass is 10.1. The fourth-order valence-electron chi connectivity index (χ4n) is 3.96. The number of nitrogens with one attached hydrogen (secondary N) is 2. The van der Waals surface area contributed by atoms with Crippen LogP contribution < -0.4 is 15.8 Å². The molecule has 0 aliphatic heterocycles. The highest BCUT2D eigenvalue weighted by molar-refractivity contribution is 7.89. The third-order valence-electron chi connectivity index (χ3n) is 5.84. The summed E-state index contributed by atoms with van der Waals surface area (Å²) in [5.74, 6) is 1.05. The third-order valence-corrected chi connectivity index (χ3v) is 7.30. The van der Waals surface area contributed by atoms with E-state index in [2.05, 4.69) is 20.0 Å². The first-order chi connectivity index (χ1) is 16.5. The van der Waals surface area contributed by atoms with E-state index in [0.29, 0.717) is 23.2 Å². The van der Waals surface area contributed by atoms with E-state index < -0.39 is 10.0 Å². The Labute approximate surface area is 200 Å². The summed E-state index contributed by atoms with van der Waals surface area (Å²) in [6.45, 7) is 1.25. The zero-order valence-corrected chi connectivity index (χ0v) is 20.0. The Morgan fingerprint density at radius 2 is 1.41 bits per heavy atom. The standard InChI is InChI=1S/C26H31N5O2S/c27-25-23-13-7-8-14-24(23)30-26(31-25)28-17-9-3-1-2-4-10-18-29-34(32,33)22-16-15-20-11-5-6-12-21(20)19-22/h5-8,11-16,19,29H,1-4,9-10,17-18H2,(H3,27,28,30,31). The second kappa shape index (κ2) is 11.3. The Morgan fingerprint density at radius 1 is 0.735 bits per heavy atom. The predicted octanol–water partition coefficient (Wildman–Crippen LogP) is 5.10. The molecule has 0 aliphatic carbocycles. The molecule has 34 heavy (non-hydrogen) atoms. The number of anilines is 2. The summed E-state index contributed by atoms with van der Waals surface area (Å²) in [7, 11) is -3.48. The highest BCUT2D eigenvalue weighted by Crippen LogP contribution is 2.20. The summed E-state index contributed by atoms with van der Waals surface area (Å²) in [4.78, 5) is 9.14. The van der Waals surface area contributed by atoms with Gasteiger partial charge in [-0.25, -0.2) is 18.1 Å². The van der Waals surface area contributed by atoms with Gasteiger partial charge in [-0.05, 0) is 47.9 Å². The van der Waals surface area contributed by atoms with Crippen LogP contribution in [0.4, 0.5) is 11.8 Å². The van der Waals surface area contributed by atoms with Crippen molar-refractivity contribution in [2.45, 2.75) is 43.4 Å². The lowest BCUT2D eigenvalue weighted by Gasteiger charge is -2.08. The first-order valence-electron chi connectivity index (χ1n) is 11.8. The maximum Gasteiger partial charge on any atom is 0.240 e. The van der Waals surface area contributed by atoms with Crippen LogP contribution in [-0.2, 0) is 10.0 Å². The summed E-state index contributed by atoms with van der Waals surface area (Å²) >= 11 is 0. The second-order valence-electron chi connectivity index (χ2n) is 8.40. The zero-order valence-electron chi connectivity index (χ0n) is 19.2. The summed E-state index contributed by atoms with van der Waals surface area (Å²) in [6, 6.07) is 20.7. The van der Waals surface area contributed by atoms with Crippen molar-refractivity contribution in [3.05, 3.63) is 66.7 Å². The lowest BCUT2D eigenvalue weighted by Crippen LogP contribution is -2.24. The third kappa shape index (κ3) is 6.21. The molecule has 8 heteroatoms. The van der Waals surface area contributed by atoms with Crippen molar-refractivity contribution in [1.29, 1.82) is 0 Å². The van der Waals surface area contributed by atoms with Gasteiger partial charge in [0.2, 0.25) is 16.0 Å². The average Bonchev–Trinajstić information content (AvgIpc) is 2.85. The molecule has 1 aromatic heterocycles. The Hall–Kier alpha value is -3.23. The summed E-state index contributed by atoms with van der Waals surface area (Å²) in [6.07, 6.45) is 6.13. The molecule has 0 bridgehead atoms. The van der Waals surface area contributed by atoms with Gasteiger partial charge in [0.25, 0.3) is 0 Å². The number of para-hydroxylation sites is 1. The minimum atomic E-state index is -3.48. The van der Waals surface area contributed by atoms with Crippen molar-refractivity contribution < 1.29 is 8.42 Å². The average molecular weight is 478 g/mol. The minimum Gasteiger partial charge on any atom is -0.383 e. The Bertz CT molecular complexity index is 1360. The maximum absolute atomic E-state index is 12.6. The van der Waals surface area contributed by atoms with Crippen molar-refractivity contribution in [1.82, 2.24) is 14.7 Å². The molecular formula is C26H31N5O2S. The van der Waals surface area contributed by atoms with E-state index >= 15 is 0 Å². The van der Waals surface area contributed by atoms with Crippen LogP contribution in [0, 0.1) is 0 Å². The number of fused-ring (bicyclic) bond motifs is 2. The van der Waals surface area contributed by atoms with Gasteiger partial charge in [-0.2, -0.15) is 4.98 Å². The Kier molecular flexibility index (Phi) is 7.92. The number of nitrogen functional groups attached to an aromatic ring is 1. The van der Waals surface area contributed by atoms with E-state index in [-0.39, 0.29) is 0 Å². The van der Waals surface area contributed by atoms with Gasteiger partial charge in [0.15, 0.2) is 0 Å². The molecule has 0 amide bonds. The molecule has 3 aromatic carbocycles. The zero-order chi connectivity index (χ0) is 23.8. The van der Waals surface area contributed by atoms with Crippen molar-refractivity contribution in [3.63, 3.8) is 0 Å². The van der Waals surface area contributed by atoms with Gasteiger partial charge in [-0.3, -0.25) is 0 Å². The van der Waals surface area contributed by atoms with Gasteiger partial charge in [0.1, 0.15) is 5.82 Å². The molecule has 178 valence electrons. The van der Waals surface area contributed by atoms with Crippen LogP contribution >= 0.6 is 0 Å². The molecule has 0 spiro atoms. The molecule has 0 radical (unpaired) electrons. The molecule has 1 heterocycles. The molecule has 0 unspecified atom stereocenters. The van der Waals surface area contributed by atoms with Crippen LogP contribution in [0.1, 0.15) is 38.5 Å². The number of rotatable bonds is 12. The van der Waals surface area contributed by atoms with Gasteiger partial charge in [0, 0.05) is 18.5 Å². The van der Waals surface area contributed by atoms with Crippen molar-refractivity contribution in [3.8, 4) is 0 Å². The van der Waals surface area contributed by atoms with E-state index in [1.54, 1.807) is 12.1 Å². The van der Waals surface area contributed by atoms with Crippen molar-refractivity contribution in [2.75, 3.05) is 24.1 Å². The fourth-order valence-corrected chi connectivity index (χ4v) is 5.07. The summed E-state index contributed by atoms with van der Waals surface area (Å²) < 4.78 is 27.8. The van der Waals surface area contributed by atoms with Gasteiger partial charge >= 0.3 is 0 Å². The van der Waals surface area contributed by atoms with Crippen LogP contribution in [0.2, 0.25) is 0 Å². The second-order valence-corrected chi connectivity index (χ2v) is 10.2. The summed E-state index contributed by atoms with van der Waals surface area (Å²) in [5, 5.41) is 6.08. The molecule has 7 nitrogen and oxygen atoms in total. The normalized spacial score (nSPS) is 11.8. The number of aromatic nitrogens is 2. The monoisotopic (exact) mass is 477 g/mol. The summed E-state index contributed by atoms with van der Waals surface area (Å²) in [5.41, 5.74) is 6.86. The van der Waals surface area contributed by atoms with Crippen LogP contribution in [0.15, 0.2) is 71.6 Å². The molecule has 4 rings (SSSR count). The minimum absolute atomic E-state index is 0.316. The van der Waals surface area contributed by atoms with Crippen LogP contribution in [0.25, 0.3) is 21.7 Å². The van der Waals surface area contributed by atoms with Gasteiger partial charge in [0.05, 0.1) is 10.4 Å². The van der Waals surface area contributed by atoms with Crippen LogP contribution in [0.5, 0.6) is 0 Å². The first-order valence-corrected chi connectivity index (χ1v) is 13.3. The molecule has 4 N–H and O–H groups in total. The maximum atomic E-state index is 12.6. The largest absolute Gasteiger partial charge is 0.383 e. The number of nitrogens with zero attached hydrogens (tertiary/aromatic N) is 2. The van der Waals surface area contributed by atoms with E-state index in [4.69, 9.17) is 5.73 Å². The quantitative estimate of drug-likeness (QED) is 0.245. The number of unbranched alkanes of at least 4 members (excludes halogenated alkanes) is 5. The number of sulfonamides is 1. The van der Waals surface area contributed by atoms with Gasteiger partial charge in [-0.15, -0.1) is 0 Å². The van der Waals surface area contributed by atoms with Crippen molar-refractivity contribution in [2.24, 2.45) is 0 Å². The smallest absolute Gasteiger partial charge is 0.240 e. The highest BCUT2D eigenvalue weighted by Gasteiger charge is 2.13. The van der Waals surface area contributed by atoms with Gasteiger partial charge in [-0.1, -0.05) is 68.1 Å². The van der Waals surface area contributed by atoms with E-state index in [1.165, 1.54) is 0 Å². The Morgan fingerprint density at radius 3 is 2.24 bits per heavy atom. The number of hydrogen-bond donors (Lipinski definition) is 3. The SMILES string of the molecule is Nc1nc(NCCCCCCCCNS(=O)(=O)c2ccc3ccccc3c2)nc2ccccc12. The highest BCUT2D eigenvalue weighted by atomic mass is 32.2. The van der Waals surface area contributed by atoms with E-state index in [9.17, 15) is 8.42 Å². The molecule has 0 saturated carbocycles. The topological polar surface area (TPSA) is 110 Å².